The molecule has 0 aliphatic heterocycles. The van der Waals surface area contributed by atoms with E-state index in [1.807, 2.05) is 11.3 Å². The van der Waals surface area contributed by atoms with E-state index in [0.29, 0.717) is 0 Å². The molecule has 1 aliphatic rings. The van der Waals surface area contributed by atoms with E-state index >= 15 is 0 Å². The summed E-state index contributed by atoms with van der Waals surface area (Å²) in [5.74, 6) is 0.813. The van der Waals surface area contributed by atoms with Crippen LogP contribution in [0.25, 0.3) is 0 Å². The molecule has 3 N–H and O–H groups in total. The van der Waals surface area contributed by atoms with Gasteiger partial charge in [0.2, 0.25) is 0 Å². The number of rotatable bonds is 4. The second kappa shape index (κ2) is 5.30. The normalized spacial score (nSPS) is 30.5. The number of nitrogens with one attached hydrogen (secondary N) is 1. The van der Waals surface area contributed by atoms with Gasteiger partial charge in [0.1, 0.15) is 0 Å². The van der Waals surface area contributed by atoms with E-state index in [9.17, 15) is 0 Å². The van der Waals surface area contributed by atoms with E-state index in [2.05, 4.69) is 29.8 Å². The van der Waals surface area contributed by atoms with Crippen molar-refractivity contribution in [3.05, 3.63) is 22.4 Å². The average Bonchev–Trinajstić information content (AvgIpc) is 2.79. The Hall–Kier alpha value is -0.380. The largest absolute Gasteiger partial charge is 0.329 e. The van der Waals surface area contributed by atoms with Crippen molar-refractivity contribution in [1.29, 1.82) is 0 Å². The van der Waals surface area contributed by atoms with Gasteiger partial charge in [0.05, 0.1) is 0 Å². The van der Waals surface area contributed by atoms with Crippen LogP contribution in [0, 0.1) is 5.92 Å². The fraction of sp³-hybridized carbons (Fsp3) is 0.692. The zero-order valence-corrected chi connectivity index (χ0v) is 10.9. The highest BCUT2D eigenvalue weighted by Crippen LogP contribution is 2.31. The van der Waals surface area contributed by atoms with Gasteiger partial charge in [0.25, 0.3) is 0 Å². The van der Waals surface area contributed by atoms with Gasteiger partial charge in [0.15, 0.2) is 0 Å². The molecule has 0 radical (unpaired) electrons. The summed E-state index contributed by atoms with van der Waals surface area (Å²) in [6.07, 6.45) is 5.15. The first kappa shape index (κ1) is 12.1. The van der Waals surface area contributed by atoms with Crippen LogP contribution >= 0.6 is 11.3 Å². The predicted octanol–water partition coefficient (Wildman–Crippen LogP) is 2.75. The van der Waals surface area contributed by atoms with Crippen molar-refractivity contribution < 1.29 is 0 Å². The van der Waals surface area contributed by atoms with Crippen molar-refractivity contribution >= 4 is 11.3 Å². The molecule has 0 bridgehead atoms. The molecule has 0 aromatic carbocycles. The lowest BCUT2D eigenvalue weighted by molar-refractivity contribution is 0.192. The van der Waals surface area contributed by atoms with Crippen LogP contribution in [0.4, 0.5) is 0 Å². The number of nitrogens with two attached hydrogens (primary N) is 1. The Labute approximate surface area is 102 Å². The molecule has 0 saturated heterocycles. The van der Waals surface area contributed by atoms with Crippen molar-refractivity contribution in [2.24, 2.45) is 11.7 Å². The second-order valence-corrected chi connectivity index (χ2v) is 6.15. The summed E-state index contributed by atoms with van der Waals surface area (Å²) >= 11 is 1.82. The molecule has 1 saturated carbocycles. The molecule has 1 aromatic heterocycles. The van der Waals surface area contributed by atoms with Gasteiger partial charge in [-0.2, -0.15) is 0 Å². The van der Waals surface area contributed by atoms with Gasteiger partial charge < -0.3 is 11.1 Å². The minimum atomic E-state index is 0.196. The minimum absolute atomic E-state index is 0.196. The third kappa shape index (κ3) is 2.84. The lowest BCUT2D eigenvalue weighted by atomic mass is 9.76. The quantitative estimate of drug-likeness (QED) is 0.846. The predicted molar refractivity (Wildman–Crippen MR) is 70.6 cm³/mol. The van der Waals surface area contributed by atoms with Crippen LogP contribution in [-0.2, 0) is 6.54 Å². The van der Waals surface area contributed by atoms with Gasteiger partial charge in [-0.15, -0.1) is 11.3 Å². The average molecular weight is 238 g/mol. The van der Waals surface area contributed by atoms with Gasteiger partial charge in [-0.1, -0.05) is 25.8 Å². The van der Waals surface area contributed by atoms with Gasteiger partial charge >= 0.3 is 0 Å². The summed E-state index contributed by atoms with van der Waals surface area (Å²) in [7, 11) is 0. The van der Waals surface area contributed by atoms with Crippen LogP contribution in [0.15, 0.2) is 17.5 Å². The van der Waals surface area contributed by atoms with Crippen LogP contribution in [-0.4, -0.2) is 12.1 Å². The van der Waals surface area contributed by atoms with Crippen molar-refractivity contribution in [3.63, 3.8) is 0 Å². The van der Waals surface area contributed by atoms with E-state index in [-0.39, 0.29) is 5.54 Å². The number of hydrogen-bond acceptors (Lipinski definition) is 3. The van der Waals surface area contributed by atoms with E-state index in [1.165, 1.54) is 30.6 Å². The standard InChI is InChI=1S/C13H22N2S/c1-11-4-2-6-13(8-11,10-14)15-9-12-5-3-7-16-12/h3,5,7,11,15H,2,4,6,8-10,14H2,1H3. The summed E-state index contributed by atoms with van der Waals surface area (Å²) in [6, 6.07) is 4.30. The van der Waals surface area contributed by atoms with Crippen molar-refractivity contribution in [2.45, 2.75) is 44.7 Å². The number of hydrogen-bond donors (Lipinski definition) is 2. The molecule has 1 fully saturated rings. The smallest absolute Gasteiger partial charge is 0.0309 e. The van der Waals surface area contributed by atoms with Gasteiger partial charge in [-0.3, -0.25) is 0 Å². The summed E-state index contributed by atoms with van der Waals surface area (Å²) in [6.45, 7) is 4.08. The Morgan fingerprint density at radius 1 is 1.62 bits per heavy atom. The van der Waals surface area contributed by atoms with Crippen molar-refractivity contribution in [3.8, 4) is 0 Å². The fourth-order valence-electron chi connectivity index (χ4n) is 2.77. The van der Waals surface area contributed by atoms with Crippen LogP contribution in [0.3, 0.4) is 0 Å². The SMILES string of the molecule is CC1CCCC(CN)(NCc2cccs2)C1. The monoisotopic (exact) mass is 238 g/mol. The number of thiophene rings is 1. The summed E-state index contributed by atoms with van der Waals surface area (Å²) in [5.41, 5.74) is 6.18. The molecule has 3 heteroatoms. The molecule has 2 atom stereocenters. The Kier molecular flexibility index (Phi) is 4.00. The first-order valence-corrected chi connectivity index (χ1v) is 7.09. The summed E-state index contributed by atoms with van der Waals surface area (Å²) < 4.78 is 0. The first-order valence-electron chi connectivity index (χ1n) is 6.22. The molecule has 2 rings (SSSR count). The van der Waals surface area contributed by atoms with E-state index in [1.54, 1.807) is 0 Å². The molecule has 1 aromatic rings. The maximum absolute atomic E-state index is 5.98. The maximum Gasteiger partial charge on any atom is 0.0309 e. The van der Waals surface area contributed by atoms with Crippen LogP contribution in [0.1, 0.15) is 37.5 Å². The molecule has 1 aliphatic carbocycles. The highest BCUT2D eigenvalue weighted by atomic mass is 32.1. The van der Waals surface area contributed by atoms with Crippen LogP contribution in [0.5, 0.6) is 0 Å². The van der Waals surface area contributed by atoms with E-state index < -0.39 is 0 Å². The third-order valence-electron chi connectivity index (χ3n) is 3.70. The van der Waals surface area contributed by atoms with Crippen LogP contribution in [0.2, 0.25) is 0 Å². The highest BCUT2D eigenvalue weighted by molar-refractivity contribution is 7.09. The Morgan fingerprint density at radius 2 is 2.50 bits per heavy atom. The Morgan fingerprint density at radius 3 is 3.12 bits per heavy atom. The highest BCUT2D eigenvalue weighted by Gasteiger charge is 2.32. The topological polar surface area (TPSA) is 38.0 Å². The van der Waals surface area contributed by atoms with E-state index in [4.69, 9.17) is 5.73 Å². The Bertz CT molecular complexity index is 310. The van der Waals surface area contributed by atoms with Gasteiger partial charge in [-0.25, -0.2) is 0 Å². The molecular formula is C13H22N2S. The van der Waals surface area contributed by atoms with E-state index in [0.717, 1.165) is 19.0 Å². The molecule has 1 heterocycles. The molecule has 0 amide bonds. The van der Waals surface area contributed by atoms with Crippen molar-refractivity contribution in [1.82, 2.24) is 5.32 Å². The zero-order valence-electron chi connectivity index (χ0n) is 10.0. The van der Waals surface area contributed by atoms with Gasteiger partial charge in [-0.05, 0) is 30.2 Å². The third-order valence-corrected chi connectivity index (χ3v) is 4.58. The fourth-order valence-corrected chi connectivity index (χ4v) is 3.41. The van der Waals surface area contributed by atoms with Crippen LogP contribution < -0.4 is 11.1 Å². The zero-order chi connectivity index (χ0) is 11.4. The molecule has 2 nitrogen and oxygen atoms in total. The van der Waals surface area contributed by atoms with Crippen molar-refractivity contribution in [2.75, 3.05) is 6.54 Å². The van der Waals surface area contributed by atoms with Gasteiger partial charge in [0, 0.05) is 23.5 Å². The molecular weight excluding hydrogens is 216 g/mol. The minimum Gasteiger partial charge on any atom is -0.329 e. The molecule has 0 spiro atoms. The molecule has 90 valence electrons. The summed E-state index contributed by atoms with van der Waals surface area (Å²) in [5, 5.41) is 5.84. The maximum atomic E-state index is 5.98. The second-order valence-electron chi connectivity index (χ2n) is 5.12. The lowest BCUT2D eigenvalue weighted by Crippen LogP contribution is -2.53. The summed E-state index contributed by atoms with van der Waals surface area (Å²) in [4.78, 5) is 1.41. The molecule has 2 unspecified atom stereocenters. The Balaban J connectivity index is 1.93. The lowest BCUT2D eigenvalue weighted by Gasteiger charge is -2.40. The molecule has 16 heavy (non-hydrogen) atoms. The first-order chi connectivity index (χ1) is 7.74.